The lowest BCUT2D eigenvalue weighted by Gasteiger charge is -2.22. The molecule has 1 aliphatic rings. The summed E-state index contributed by atoms with van der Waals surface area (Å²) in [6.07, 6.45) is 4.41. The molecule has 0 aromatic heterocycles. The van der Waals surface area contributed by atoms with Gasteiger partial charge in [0.25, 0.3) is 0 Å². The van der Waals surface area contributed by atoms with Crippen molar-refractivity contribution in [3.8, 4) is 11.5 Å². The minimum Gasteiger partial charge on any atom is -0.497 e. The van der Waals surface area contributed by atoms with E-state index in [-0.39, 0.29) is 24.0 Å². The highest BCUT2D eigenvalue weighted by Gasteiger charge is 2.26. The van der Waals surface area contributed by atoms with E-state index in [1.54, 1.807) is 14.2 Å². The quantitative estimate of drug-likeness (QED) is 0.281. The molecule has 0 bridgehead atoms. The van der Waals surface area contributed by atoms with E-state index in [9.17, 15) is 0 Å². The van der Waals surface area contributed by atoms with E-state index in [4.69, 9.17) is 9.47 Å². The number of halogens is 1. The van der Waals surface area contributed by atoms with Crippen LogP contribution in [0.15, 0.2) is 23.2 Å². The topological polar surface area (TPSA) is 46.1 Å². The molecular formula is C18H30IN3O2S. The molecule has 1 fully saturated rings. The molecule has 0 saturated carbocycles. The van der Waals surface area contributed by atoms with Crippen LogP contribution in [0.4, 0.5) is 0 Å². The Balaban J connectivity index is 0.00000312. The van der Waals surface area contributed by atoms with Crippen LogP contribution in [0.3, 0.4) is 0 Å². The molecule has 1 aromatic carbocycles. The van der Waals surface area contributed by atoms with Crippen LogP contribution in [0, 0.1) is 0 Å². The predicted octanol–water partition coefficient (Wildman–Crippen LogP) is 3.44. The molecule has 142 valence electrons. The summed E-state index contributed by atoms with van der Waals surface area (Å²) in [6.45, 7) is 2.96. The molecule has 0 radical (unpaired) electrons. The molecular weight excluding hydrogens is 449 g/mol. The van der Waals surface area contributed by atoms with Gasteiger partial charge in [-0.15, -0.1) is 24.0 Å². The Morgan fingerprint density at radius 1 is 1.28 bits per heavy atom. The smallest absolute Gasteiger partial charge is 0.193 e. The number of rotatable bonds is 7. The number of nitrogens with zero attached hydrogens (tertiary/aromatic N) is 2. The van der Waals surface area contributed by atoms with Crippen LogP contribution in [0.2, 0.25) is 0 Å². The summed E-state index contributed by atoms with van der Waals surface area (Å²) in [4.78, 5) is 6.78. The largest absolute Gasteiger partial charge is 0.497 e. The second-order valence-corrected chi connectivity index (χ2v) is 6.88. The Labute approximate surface area is 173 Å². The average molecular weight is 479 g/mol. The van der Waals surface area contributed by atoms with Crippen molar-refractivity contribution in [2.75, 3.05) is 52.9 Å². The Morgan fingerprint density at radius 3 is 2.52 bits per heavy atom. The lowest BCUT2D eigenvalue weighted by atomic mass is 9.98. The van der Waals surface area contributed by atoms with Crippen LogP contribution in [0.25, 0.3) is 0 Å². The minimum absolute atomic E-state index is 0. The third-order valence-corrected chi connectivity index (χ3v) is 5.05. The number of guanidine groups is 1. The second kappa shape index (κ2) is 11.7. The molecule has 0 amide bonds. The predicted molar refractivity (Wildman–Crippen MR) is 118 cm³/mol. The zero-order valence-corrected chi connectivity index (χ0v) is 18.7. The third kappa shape index (κ3) is 6.44. The van der Waals surface area contributed by atoms with Gasteiger partial charge in [0.2, 0.25) is 0 Å². The van der Waals surface area contributed by atoms with Crippen molar-refractivity contribution in [3.05, 3.63) is 23.8 Å². The van der Waals surface area contributed by atoms with Crippen LogP contribution >= 0.6 is 35.7 Å². The molecule has 2 rings (SSSR count). The second-order valence-electron chi connectivity index (χ2n) is 5.90. The summed E-state index contributed by atoms with van der Waals surface area (Å²) < 4.78 is 10.8. The molecule has 1 unspecified atom stereocenters. The number of likely N-dealkylation sites (tertiary alicyclic amines) is 1. The first-order valence-electron chi connectivity index (χ1n) is 8.39. The van der Waals surface area contributed by atoms with Crippen LogP contribution in [-0.4, -0.2) is 63.8 Å². The van der Waals surface area contributed by atoms with Gasteiger partial charge in [0, 0.05) is 38.7 Å². The number of hydrogen-bond donors (Lipinski definition) is 1. The normalized spacial score (nSPS) is 17.2. The van der Waals surface area contributed by atoms with E-state index in [0.717, 1.165) is 49.9 Å². The van der Waals surface area contributed by atoms with Gasteiger partial charge in [0.05, 0.1) is 14.2 Å². The lowest BCUT2D eigenvalue weighted by Crippen LogP contribution is -2.40. The molecule has 0 aliphatic carbocycles. The van der Waals surface area contributed by atoms with E-state index < -0.39 is 0 Å². The van der Waals surface area contributed by atoms with Gasteiger partial charge in [-0.1, -0.05) is 0 Å². The molecule has 0 spiro atoms. The van der Waals surface area contributed by atoms with Crippen LogP contribution in [0.1, 0.15) is 24.3 Å². The SMILES string of the molecule is CN=C(NCCCSC)N1CCC(c2cc(OC)cc(OC)c2)C1.I. The van der Waals surface area contributed by atoms with Gasteiger partial charge in [0.15, 0.2) is 5.96 Å². The fraction of sp³-hybridized carbons (Fsp3) is 0.611. The van der Waals surface area contributed by atoms with Crippen LogP contribution in [0.5, 0.6) is 11.5 Å². The van der Waals surface area contributed by atoms with Gasteiger partial charge in [-0.25, -0.2) is 0 Å². The first-order valence-corrected chi connectivity index (χ1v) is 9.78. The van der Waals surface area contributed by atoms with Gasteiger partial charge in [0.1, 0.15) is 11.5 Å². The fourth-order valence-electron chi connectivity index (χ4n) is 3.04. The zero-order valence-electron chi connectivity index (χ0n) is 15.6. The number of benzene rings is 1. The molecule has 1 heterocycles. The van der Waals surface area contributed by atoms with E-state index >= 15 is 0 Å². The fourth-order valence-corrected chi connectivity index (χ4v) is 3.47. The van der Waals surface area contributed by atoms with Gasteiger partial charge >= 0.3 is 0 Å². The van der Waals surface area contributed by atoms with Crippen molar-refractivity contribution in [2.24, 2.45) is 4.99 Å². The summed E-state index contributed by atoms with van der Waals surface area (Å²) >= 11 is 1.88. The van der Waals surface area contributed by atoms with Gasteiger partial charge in [-0.3, -0.25) is 4.99 Å². The Kier molecular flexibility index (Phi) is 10.4. The van der Waals surface area contributed by atoms with Crippen molar-refractivity contribution in [1.29, 1.82) is 0 Å². The van der Waals surface area contributed by atoms with Crippen molar-refractivity contribution in [3.63, 3.8) is 0 Å². The highest BCUT2D eigenvalue weighted by molar-refractivity contribution is 14.0. The summed E-state index contributed by atoms with van der Waals surface area (Å²) in [5, 5.41) is 3.48. The van der Waals surface area contributed by atoms with Crippen molar-refractivity contribution in [1.82, 2.24) is 10.2 Å². The number of hydrogen-bond acceptors (Lipinski definition) is 4. The van der Waals surface area contributed by atoms with Gasteiger partial charge in [-0.2, -0.15) is 11.8 Å². The van der Waals surface area contributed by atoms with Crippen LogP contribution in [-0.2, 0) is 0 Å². The maximum Gasteiger partial charge on any atom is 0.193 e. The number of nitrogens with one attached hydrogen (secondary N) is 1. The Hall–Kier alpha value is -0.830. The first-order chi connectivity index (χ1) is 11.7. The molecule has 1 atom stereocenters. The molecule has 1 saturated heterocycles. The minimum atomic E-state index is 0. The summed E-state index contributed by atoms with van der Waals surface area (Å²) in [5.74, 6) is 4.35. The summed E-state index contributed by atoms with van der Waals surface area (Å²) in [7, 11) is 5.25. The molecule has 7 heteroatoms. The van der Waals surface area contributed by atoms with Gasteiger partial charge < -0.3 is 19.7 Å². The Bertz CT molecular complexity index is 535. The highest BCUT2D eigenvalue weighted by atomic mass is 127. The standard InChI is InChI=1S/C18H29N3O2S.HI/c1-19-18(20-7-5-9-24-4)21-8-6-14(13-21)15-10-16(22-2)12-17(11-15)23-3;/h10-12,14H,5-9,13H2,1-4H3,(H,19,20);1H. The van der Waals surface area contributed by atoms with Crippen molar-refractivity contribution >= 4 is 41.7 Å². The van der Waals surface area contributed by atoms with Crippen molar-refractivity contribution < 1.29 is 9.47 Å². The maximum absolute atomic E-state index is 5.40. The lowest BCUT2D eigenvalue weighted by molar-refractivity contribution is 0.392. The maximum atomic E-state index is 5.40. The number of methoxy groups -OCH3 is 2. The van der Waals surface area contributed by atoms with E-state index in [0.29, 0.717) is 5.92 Å². The molecule has 25 heavy (non-hydrogen) atoms. The van der Waals surface area contributed by atoms with Crippen molar-refractivity contribution in [2.45, 2.75) is 18.8 Å². The number of aliphatic imine (C=N–C) groups is 1. The Morgan fingerprint density at radius 2 is 1.96 bits per heavy atom. The summed E-state index contributed by atoms with van der Waals surface area (Å²) in [5.41, 5.74) is 1.27. The average Bonchev–Trinajstić information content (AvgIpc) is 3.11. The van der Waals surface area contributed by atoms with E-state index in [2.05, 4.69) is 33.6 Å². The molecule has 1 N–H and O–H groups in total. The monoisotopic (exact) mass is 479 g/mol. The summed E-state index contributed by atoms with van der Waals surface area (Å²) in [6, 6.07) is 6.15. The van der Waals surface area contributed by atoms with E-state index in [1.807, 2.05) is 24.9 Å². The third-order valence-electron chi connectivity index (χ3n) is 4.35. The zero-order chi connectivity index (χ0) is 17.4. The molecule has 5 nitrogen and oxygen atoms in total. The molecule has 1 aliphatic heterocycles. The molecule has 1 aromatic rings. The van der Waals surface area contributed by atoms with Gasteiger partial charge in [-0.05, 0) is 42.5 Å². The van der Waals surface area contributed by atoms with Crippen LogP contribution < -0.4 is 14.8 Å². The number of thioether (sulfide) groups is 1. The van der Waals surface area contributed by atoms with E-state index in [1.165, 1.54) is 11.3 Å². The highest BCUT2D eigenvalue weighted by Crippen LogP contribution is 2.32. The number of ether oxygens (including phenoxy) is 2. The first kappa shape index (κ1) is 22.2.